The lowest BCUT2D eigenvalue weighted by molar-refractivity contribution is -0.402. The number of pyridine rings is 1. The van der Waals surface area contributed by atoms with Crippen molar-refractivity contribution < 1.29 is 14.1 Å². The number of nitriles is 1. The maximum absolute atomic E-state index is 12.7. The first kappa shape index (κ1) is 21.5. The number of furan rings is 1. The first-order valence-electron chi connectivity index (χ1n) is 9.22. The highest BCUT2D eigenvalue weighted by molar-refractivity contribution is 5.95. The molecule has 2 aromatic heterocycles. The van der Waals surface area contributed by atoms with Crippen molar-refractivity contribution in [3.8, 4) is 6.07 Å². The Hall–Kier alpha value is -4.17. The van der Waals surface area contributed by atoms with Gasteiger partial charge in [-0.2, -0.15) is 5.26 Å². The Balaban J connectivity index is 0.00000272. The molecule has 3 aromatic rings. The molecule has 1 aliphatic heterocycles. The Morgan fingerprint density at radius 2 is 1.84 bits per heavy atom. The van der Waals surface area contributed by atoms with Crippen LogP contribution in [0.1, 0.15) is 16.1 Å². The standard InChI is InChI=1S/C20H17N5O5.H3N/c1-22-15-5-3-2-4-13(15)18(14(12-21)19(22)26)23-8-10-24(11-9-23)20(27)16-6-7-17(30-16)25(28)29;/h2-7H,8-11H2,1H3;1H3. The molecule has 0 spiro atoms. The number of piperazine rings is 1. The lowest BCUT2D eigenvalue weighted by Gasteiger charge is -2.36. The van der Waals surface area contributed by atoms with E-state index in [1.165, 1.54) is 15.5 Å². The molecule has 160 valence electrons. The van der Waals surface area contributed by atoms with Crippen molar-refractivity contribution in [1.29, 1.82) is 5.26 Å². The zero-order chi connectivity index (χ0) is 21.4. The van der Waals surface area contributed by atoms with Gasteiger partial charge in [0.05, 0.1) is 17.3 Å². The van der Waals surface area contributed by atoms with E-state index in [2.05, 4.69) is 0 Å². The molecule has 0 unspecified atom stereocenters. The van der Waals surface area contributed by atoms with E-state index in [9.17, 15) is 25.0 Å². The molecule has 0 saturated carbocycles. The van der Waals surface area contributed by atoms with Crippen LogP contribution < -0.4 is 16.6 Å². The normalized spacial score (nSPS) is 13.5. The Bertz CT molecular complexity index is 1260. The molecule has 1 fully saturated rings. The highest BCUT2D eigenvalue weighted by atomic mass is 16.6. The molecule has 4 rings (SSSR count). The maximum atomic E-state index is 12.7. The maximum Gasteiger partial charge on any atom is 0.433 e. The molecule has 11 heteroatoms. The Morgan fingerprint density at radius 3 is 2.45 bits per heavy atom. The summed E-state index contributed by atoms with van der Waals surface area (Å²) < 4.78 is 6.46. The van der Waals surface area contributed by atoms with Gasteiger partial charge in [-0.3, -0.25) is 19.7 Å². The van der Waals surface area contributed by atoms with Crippen molar-refractivity contribution in [1.82, 2.24) is 15.6 Å². The molecule has 0 bridgehead atoms. The molecule has 1 amide bonds. The van der Waals surface area contributed by atoms with Crippen LogP contribution >= 0.6 is 0 Å². The fourth-order valence-electron chi connectivity index (χ4n) is 3.74. The number of hydrogen-bond donors (Lipinski definition) is 1. The van der Waals surface area contributed by atoms with Crippen molar-refractivity contribution in [2.45, 2.75) is 0 Å². The monoisotopic (exact) mass is 424 g/mol. The quantitative estimate of drug-likeness (QED) is 0.493. The second-order valence-electron chi connectivity index (χ2n) is 6.89. The lowest BCUT2D eigenvalue weighted by atomic mass is 10.1. The van der Waals surface area contributed by atoms with Crippen LogP contribution in [0, 0.1) is 21.4 Å². The van der Waals surface area contributed by atoms with E-state index < -0.39 is 16.7 Å². The molecular formula is C20H20N6O5. The van der Waals surface area contributed by atoms with Crippen LogP contribution in [0.15, 0.2) is 45.6 Å². The summed E-state index contributed by atoms with van der Waals surface area (Å²) in [7, 11) is 1.63. The van der Waals surface area contributed by atoms with Gasteiger partial charge in [0, 0.05) is 38.6 Å². The number of nitro groups is 1. The molecule has 1 aliphatic rings. The summed E-state index contributed by atoms with van der Waals surface area (Å²) in [5.74, 6) is -1.01. The molecule has 31 heavy (non-hydrogen) atoms. The summed E-state index contributed by atoms with van der Waals surface area (Å²) in [5.41, 5.74) is 0.986. The first-order chi connectivity index (χ1) is 14.4. The zero-order valence-electron chi connectivity index (χ0n) is 16.8. The highest BCUT2D eigenvalue weighted by Gasteiger charge is 2.28. The van der Waals surface area contributed by atoms with Gasteiger partial charge in [-0.05, 0) is 12.1 Å². The second-order valence-corrected chi connectivity index (χ2v) is 6.89. The first-order valence-corrected chi connectivity index (χ1v) is 9.22. The lowest BCUT2D eigenvalue weighted by Crippen LogP contribution is -2.49. The molecule has 0 radical (unpaired) electrons. The third-order valence-electron chi connectivity index (χ3n) is 5.25. The third kappa shape index (κ3) is 3.60. The van der Waals surface area contributed by atoms with Crippen LogP contribution in [0.2, 0.25) is 0 Å². The molecule has 3 heterocycles. The van der Waals surface area contributed by atoms with Crippen molar-refractivity contribution in [3.05, 3.63) is 68.2 Å². The smallest absolute Gasteiger partial charge is 0.395 e. The summed E-state index contributed by atoms with van der Waals surface area (Å²) in [5, 5.41) is 21.2. The number of nitrogens with zero attached hydrogens (tertiary/aromatic N) is 5. The van der Waals surface area contributed by atoms with Gasteiger partial charge in [0.15, 0.2) is 5.76 Å². The van der Waals surface area contributed by atoms with Crippen LogP contribution in [0.4, 0.5) is 11.6 Å². The number of benzene rings is 1. The number of anilines is 1. The van der Waals surface area contributed by atoms with Gasteiger partial charge < -0.3 is 24.9 Å². The van der Waals surface area contributed by atoms with Gasteiger partial charge in [-0.1, -0.05) is 18.2 Å². The summed E-state index contributed by atoms with van der Waals surface area (Å²) in [6, 6.07) is 11.8. The number of carbonyl (C=O) groups excluding carboxylic acids is 1. The summed E-state index contributed by atoms with van der Waals surface area (Å²) >= 11 is 0. The van der Waals surface area contributed by atoms with Gasteiger partial charge in [-0.25, -0.2) is 0 Å². The van der Waals surface area contributed by atoms with Crippen molar-refractivity contribution in [3.63, 3.8) is 0 Å². The molecular weight excluding hydrogens is 404 g/mol. The van der Waals surface area contributed by atoms with Crippen LogP contribution in [-0.4, -0.2) is 46.5 Å². The number of rotatable bonds is 3. The second kappa shape index (κ2) is 8.29. The topological polar surface area (TPSA) is 161 Å². The largest absolute Gasteiger partial charge is 0.433 e. The van der Waals surface area contributed by atoms with E-state index in [-0.39, 0.29) is 23.0 Å². The number of carbonyl (C=O) groups is 1. The zero-order valence-corrected chi connectivity index (χ0v) is 16.8. The Kier molecular flexibility index (Phi) is 5.76. The average Bonchev–Trinajstić information content (AvgIpc) is 3.26. The molecule has 1 saturated heterocycles. The van der Waals surface area contributed by atoms with Crippen LogP contribution in [0.25, 0.3) is 10.9 Å². The molecule has 1 aromatic carbocycles. The number of amides is 1. The average molecular weight is 424 g/mol. The number of hydrogen-bond acceptors (Lipinski definition) is 8. The van der Waals surface area contributed by atoms with Gasteiger partial charge in [0.25, 0.3) is 11.5 Å². The van der Waals surface area contributed by atoms with Crippen molar-refractivity contribution in [2.75, 3.05) is 31.1 Å². The third-order valence-corrected chi connectivity index (χ3v) is 5.25. The van der Waals surface area contributed by atoms with Crippen molar-refractivity contribution >= 4 is 28.4 Å². The van der Waals surface area contributed by atoms with E-state index >= 15 is 0 Å². The SMILES string of the molecule is Cn1c(=O)c(C#N)c(N2CCN(C(=O)c3ccc([N+](=O)[O-])o3)CC2)c2ccccc21.N. The van der Waals surface area contributed by atoms with E-state index in [0.717, 1.165) is 17.0 Å². The van der Waals surface area contributed by atoms with E-state index in [0.29, 0.717) is 31.9 Å². The molecule has 11 nitrogen and oxygen atoms in total. The predicted molar refractivity (Wildman–Crippen MR) is 112 cm³/mol. The number of fused-ring (bicyclic) bond motifs is 1. The van der Waals surface area contributed by atoms with Gasteiger partial charge in [-0.15, -0.1) is 0 Å². The Labute approximate surface area is 176 Å². The number of para-hydroxylation sites is 1. The van der Waals surface area contributed by atoms with Crippen LogP contribution in [0.3, 0.4) is 0 Å². The minimum absolute atomic E-state index is 0. The summed E-state index contributed by atoms with van der Waals surface area (Å²) in [6.07, 6.45) is 0. The van der Waals surface area contributed by atoms with E-state index in [1.807, 2.05) is 35.2 Å². The van der Waals surface area contributed by atoms with E-state index in [4.69, 9.17) is 4.42 Å². The van der Waals surface area contributed by atoms with Gasteiger partial charge in [0.1, 0.15) is 16.6 Å². The molecule has 3 N–H and O–H groups in total. The van der Waals surface area contributed by atoms with E-state index in [1.54, 1.807) is 7.05 Å². The fourth-order valence-corrected chi connectivity index (χ4v) is 3.74. The number of aromatic nitrogens is 1. The van der Waals surface area contributed by atoms with Gasteiger partial charge in [0.2, 0.25) is 0 Å². The van der Waals surface area contributed by atoms with Crippen LogP contribution in [0.5, 0.6) is 0 Å². The van der Waals surface area contributed by atoms with Crippen molar-refractivity contribution in [2.24, 2.45) is 7.05 Å². The van der Waals surface area contributed by atoms with Gasteiger partial charge >= 0.3 is 5.88 Å². The highest BCUT2D eigenvalue weighted by Crippen LogP contribution is 2.29. The minimum atomic E-state index is -0.695. The number of aryl methyl sites for hydroxylation is 1. The summed E-state index contributed by atoms with van der Waals surface area (Å²) in [4.78, 5) is 38.8. The Morgan fingerprint density at radius 1 is 1.16 bits per heavy atom. The fraction of sp³-hybridized carbons (Fsp3) is 0.250. The molecule has 0 atom stereocenters. The molecule has 0 aliphatic carbocycles. The van der Waals surface area contributed by atoms with Crippen LogP contribution in [-0.2, 0) is 7.05 Å². The minimum Gasteiger partial charge on any atom is -0.395 e. The summed E-state index contributed by atoms with van der Waals surface area (Å²) in [6.45, 7) is 1.45. The predicted octanol–water partition coefficient (Wildman–Crippen LogP) is 2.04.